The van der Waals surface area contributed by atoms with Gasteiger partial charge in [0.1, 0.15) is 6.04 Å². The number of benzene rings is 2. The summed E-state index contributed by atoms with van der Waals surface area (Å²) >= 11 is 5.95. The Kier molecular flexibility index (Phi) is 5.80. The van der Waals surface area contributed by atoms with E-state index in [2.05, 4.69) is 10.4 Å². The summed E-state index contributed by atoms with van der Waals surface area (Å²) in [4.78, 5) is 24.4. The number of aromatic nitrogens is 2. The Labute approximate surface area is 168 Å². The molecule has 0 saturated heterocycles. The minimum atomic E-state index is -0.874. The fourth-order valence-corrected chi connectivity index (χ4v) is 3.23. The van der Waals surface area contributed by atoms with E-state index in [9.17, 15) is 9.59 Å². The normalized spacial score (nSPS) is 11.8. The number of rotatable bonds is 6. The van der Waals surface area contributed by atoms with E-state index in [4.69, 9.17) is 17.3 Å². The Bertz CT molecular complexity index is 997. The summed E-state index contributed by atoms with van der Waals surface area (Å²) in [5, 5.41) is 7.90. The number of hydrogen-bond donors (Lipinski definition) is 2. The van der Waals surface area contributed by atoms with Crippen molar-refractivity contribution in [3.8, 4) is 5.69 Å². The van der Waals surface area contributed by atoms with Gasteiger partial charge in [-0.05, 0) is 43.7 Å². The molecule has 0 aliphatic carbocycles. The summed E-state index contributed by atoms with van der Waals surface area (Å²) < 4.78 is 1.77. The smallest absolute Gasteiger partial charge is 0.244 e. The SMILES string of the molecule is Cc1nn(-c2ccc(Cl)cc2)c(C)c1CC(=O)NC(C(N)=O)c1ccccc1. The maximum absolute atomic E-state index is 12.6. The monoisotopic (exact) mass is 396 g/mol. The molecule has 1 aromatic heterocycles. The van der Waals surface area contributed by atoms with Crippen molar-refractivity contribution in [2.75, 3.05) is 0 Å². The lowest BCUT2D eigenvalue weighted by Gasteiger charge is -2.16. The molecule has 28 heavy (non-hydrogen) atoms. The first-order valence-corrected chi connectivity index (χ1v) is 9.19. The van der Waals surface area contributed by atoms with E-state index in [1.807, 2.05) is 32.0 Å². The van der Waals surface area contributed by atoms with Crippen molar-refractivity contribution in [1.29, 1.82) is 0 Å². The lowest BCUT2D eigenvalue weighted by Crippen LogP contribution is -2.38. The first-order valence-electron chi connectivity index (χ1n) is 8.81. The average molecular weight is 397 g/mol. The van der Waals surface area contributed by atoms with Gasteiger partial charge in [-0.3, -0.25) is 9.59 Å². The number of amides is 2. The van der Waals surface area contributed by atoms with Crippen LogP contribution in [0.15, 0.2) is 54.6 Å². The molecule has 0 radical (unpaired) electrons. The molecule has 2 amide bonds. The molecule has 1 heterocycles. The second kappa shape index (κ2) is 8.27. The molecule has 144 valence electrons. The molecule has 0 fully saturated rings. The lowest BCUT2D eigenvalue weighted by atomic mass is 10.1. The van der Waals surface area contributed by atoms with Crippen LogP contribution in [0, 0.1) is 13.8 Å². The van der Waals surface area contributed by atoms with Crippen LogP contribution in [0.4, 0.5) is 0 Å². The topological polar surface area (TPSA) is 90.0 Å². The zero-order valence-electron chi connectivity index (χ0n) is 15.6. The zero-order chi connectivity index (χ0) is 20.3. The van der Waals surface area contributed by atoms with Crippen LogP contribution in [0.25, 0.3) is 5.69 Å². The van der Waals surface area contributed by atoms with Crippen LogP contribution in [0.2, 0.25) is 5.02 Å². The maximum atomic E-state index is 12.6. The van der Waals surface area contributed by atoms with Gasteiger partial charge in [-0.1, -0.05) is 41.9 Å². The predicted molar refractivity (Wildman–Crippen MR) is 108 cm³/mol. The van der Waals surface area contributed by atoms with Crippen molar-refractivity contribution in [3.05, 3.63) is 82.1 Å². The molecule has 0 aliphatic rings. The molecule has 0 spiro atoms. The first kappa shape index (κ1) is 19.6. The number of hydrogen-bond acceptors (Lipinski definition) is 3. The van der Waals surface area contributed by atoms with Gasteiger partial charge in [-0.15, -0.1) is 0 Å². The third-order valence-corrected chi connectivity index (χ3v) is 4.82. The molecular weight excluding hydrogens is 376 g/mol. The van der Waals surface area contributed by atoms with Gasteiger partial charge in [0.25, 0.3) is 0 Å². The second-order valence-electron chi connectivity index (χ2n) is 6.53. The highest BCUT2D eigenvalue weighted by molar-refractivity contribution is 6.30. The Morgan fingerprint density at radius 3 is 2.36 bits per heavy atom. The van der Waals surface area contributed by atoms with Crippen molar-refractivity contribution in [2.45, 2.75) is 26.3 Å². The van der Waals surface area contributed by atoms with Crippen LogP contribution in [-0.4, -0.2) is 21.6 Å². The van der Waals surface area contributed by atoms with E-state index in [-0.39, 0.29) is 12.3 Å². The Morgan fingerprint density at radius 1 is 1.11 bits per heavy atom. The maximum Gasteiger partial charge on any atom is 0.244 e. The molecule has 7 heteroatoms. The van der Waals surface area contributed by atoms with Gasteiger partial charge in [-0.2, -0.15) is 5.10 Å². The number of nitrogens with zero attached hydrogens (tertiary/aromatic N) is 2. The first-order chi connectivity index (χ1) is 13.4. The van der Waals surface area contributed by atoms with Gasteiger partial charge in [-0.25, -0.2) is 4.68 Å². The number of halogens is 1. The second-order valence-corrected chi connectivity index (χ2v) is 6.96. The molecule has 2 aromatic carbocycles. The van der Waals surface area contributed by atoms with Gasteiger partial charge in [0.05, 0.1) is 17.8 Å². The highest BCUT2D eigenvalue weighted by Crippen LogP contribution is 2.20. The Hall–Kier alpha value is -3.12. The summed E-state index contributed by atoms with van der Waals surface area (Å²) in [6.45, 7) is 3.75. The average Bonchev–Trinajstić information content (AvgIpc) is 2.95. The van der Waals surface area contributed by atoms with E-state index < -0.39 is 11.9 Å². The fourth-order valence-electron chi connectivity index (χ4n) is 3.10. The minimum absolute atomic E-state index is 0.0991. The largest absolute Gasteiger partial charge is 0.368 e. The highest BCUT2D eigenvalue weighted by atomic mass is 35.5. The third kappa shape index (κ3) is 4.23. The quantitative estimate of drug-likeness (QED) is 0.671. The van der Waals surface area contributed by atoms with E-state index >= 15 is 0 Å². The van der Waals surface area contributed by atoms with E-state index in [0.717, 1.165) is 22.6 Å². The highest BCUT2D eigenvalue weighted by Gasteiger charge is 2.22. The molecule has 1 atom stereocenters. The van der Waals surface area contributed by atoms with Crippen molar-refractivity contribution < 1.29 is 9.59 Å². The third-order valence-electron chi connectivity index (χ3n) is 4.57. The van der Waals surface area contributed by atoms with Crippen molar-refractivity contribution in [1.82, 2.24) is 15.1 Å². The van der Waals surface area contributed by atoms with Gasteiger partial charge >= 0.3 is 0 Å². The van der Waals surface area contributed by atoms with Crippen LogP contribution in [0.1, 0.15) is 28.6 Å². The molecular formula is C21H21ClN4O2. The van der Waals surface area contributed by atoms with Crippen LogP contribution in [0.3, 0.4) is 0 Å². The molecule has 0 bridgehead atoms. The standard InChI is InChI=1S/C21H21ClN4O2/c1-13-18(14(2)26(25-13)17-10-8-16(22)9-11-17)12-19(27)24-20(21(23)28)15-6-4-3-5-7-15/h3-11,20H,12H2,1-2H3,(H2,23,28)(H,24,27). The predicted octanol–water partition coefficient (Wildman–Crippen LogP) is 3.03. The molecule has 0 aliphatic heterocycles. The van der Waals surface area contributed by atoms with Crippen LogP contribution < -0.4 is 11.1 Å². The number of carbonyl (C=O) groups excluding carboxylic acids is 2. The number of nitrogens with two attached hydrogens (primary N) is 1. The molecule has 6 nitrogen and oxygen atoms in total. The van der Waals surface area contributed by atoms with E-state index in [0.29, 0.717) is 10.6 Å². The van der Waals surface area contributed by atoms with Crippen molar-refractivity contribution >= 4 is 23.4 Å². The van der Waals surface area contributed by atoms with Gasteiger partial charge in [0.2, 0.25) is 11.8 Å². The number of primary amides is 1. The van der Waals surface area contributed by atoms with Crippen LogP contribution in [0.5, 0.6) is 0 Å². The van der Waals surface area contributed by atoms with Crippen molar-refractivity contribution in [2.24, 2.45) is 5.73 Å². The van der Waals surface area contributed by atoms with Crippen LogP contribution in [-0.2, 0) is 16.0 Å². The van der Waals surface area contributed by atoms with Gasteiger partial charge < -0.3 is 11.1 Å². The Balaban J connectivity index is 1.80. The van der Waals surface area contributed by atoms with Crippen LogP contribution >= 0.6 is 11.6 Å². The summed E-state index contributed by atoms with van der Waals surface area (Å²) in [6.07, 6.45) is 0.0991. The van der Waals surface area contributed by atoms with Gasteiger partial charge in [0, 0.05) is 16.3 Å². The molecule has 3 rings (SSSR count). The minimum Gasteiger partial charge on any atom is -0.368 e. The number of nitrogens with one attached hydrogen (secondary N) is 1. The number of carbonyl (C=O) groups is 2. The summed E-state index contributed by atoms with van der Waals surface area (Å²) in [5.74, 6) is -0.903. The van der Waals surface area contributed by atoms with E-state index in [1.165, 1.54) is 0 Å². The number of aryl methyl sites for hydroxylation is 1. The van der Waals surface area contributed by atoms with E-state index in [1.54, 1.807) is 41.1 Å². The Morgan fingerprint density at radius 2 is 1.75 bits per heavy atom. The zero-order valence-corrected chi connectivity index (χ0v) is 16.4. The summed E-state index contributed by atoms with van der Waals surface area (Å²) in [5.41, 5.74) is 9.40. The molecule has 3 N–H and O–H groups in total. The molecule has 0 saturated carbocycles. The fraction of sp³-hybridized carbons (Fsp3) is 0.190. The molecule has 1 unspecified atom stereocenters. The summed E-state index contributed by atoms with van der Waals surface area (Å²) in [6, 6.07) is 15.4. The van der Waals surface area contributed by atoms with Gasteiger partial charge in [0.15, 0.2) is 0 Å². The molecule has 3 aromatic rings. The van der Waals surface area contributed by atoms with Crippen molar-refractivity contribution in [3.63, 3.8) is 0 Å². The lowest BCUT2D eigenvalue weighted by molar-refractivity contribution is -0.127. The summed E-state index contributed by atoms with van der Waals surface area (Å²) in [7, 11) is 0.